The zero-order valence-electron chi connectivity index (χ0n) is 11.7. The van der Waals surface area contributed by atoms with Crippen molar-refractivity contribution in [3.05, 3.63) is 11.9 Å². The quantitative estimate of drug-likeness (QED) is 0.824. The van der Waals surface area contributed by atoms with Gasteiger partial charge in [0, 0.05) is 12.6 Å². The van der Waals surface area contributed by atoms with Crippen molar-refractivity contribution in [1.29, 1.82) is 0 Å². The highest BCUT2D eigenvalue weighted by Crippen LogP contribution is 2.24. The average Bonchev–Trinajstić information content (AvgIpc) is 2.86. The van der Waals surface area contributed by atoms with E-state index in [1.807, 2.05) is 13.0 Å². The summed E-state index contributed by atoms with van der Waals surface area (Å²) in [6.07, 6.45) is 5.32. The first kappa shape index (κ1) is 13.8. The highest BCUT2D eigenvalue weighted by Gasteiger charge is 2.14. The molecule has 0 atom stereocenters. The second-order valence-electron chi connectivity index (χ2n) is 5.27. The Morgan fingerprint density at radius 2 is 1.89 bits per heavy atom. The molecule has 1 aliphatic rings. The predicted molar refractivity (Wildman–Crippen MR) is 76.4 cm³/mol. The van der Waals surface area contributed by atoms with Crippen molar-refractivity contribution in [2.75, 3.05) is 23.7 Å². The molecule has 1 aromatic rings. The van der Waals surface area contributed by atoms with E-state index in [2.05, 4.69) is 20.6 Å². The molecule has 0 radical (unpaired) electrons. The van der Waals surface area contributed by atoms with Crippen LogP contribution in [0.2, 0.25) is 0 Å². The van der Waals surface area contributed by atoms with Crippen molar-refractivity contribution >= 4 is 17.4 Å². The van der Waals surface area contributed by atoms with Gasteiger partial charge in [0.1, 0.15) is 23.2 Å². The van der Waals surface area contributed by atoms with Crippen molar-refractivity contribution in [3.63, 3.8) is 0 Å². The molecular formula is C14H22N4O. The number of aryl methyl sites for hydroxylation is 1. The molecule has 1 heterocycles. The SMILES string of the molecule is CC(=O)CNc1cc(NCC2CCCC2)nc(C)n1. The van der Waals surface area contributed by atoms with Crippen LogP contribution in [0, 0.1) is 12.8 Å². The first-order valence-corrected chi connectivity index (χ1v) is 6.96. The molecule has 0 spiro atoms. The zero-order valence-corrected chi connectivity index (χ0v) is 11.7. The summed E-state index contributed by atoms with van der Waals surface area (Å²) in [6, 6.07) is 1.87. The average molecular weight is 262 g/mol. The van der Waals surface area contributed by atoms with Crippen LogP contribution in [0.3, 0.4) is 0 Å². The van der Waals surface area contributed by atoms with Crippen molar-refractivity contribution in [1.82, 2.24) is 9.97 Å². The molecule has 0 bridgehead atoms. The normalized spacial score (nSPS) is 15.5. The Morgan fingerprint density at radius 3 is 2.53 bits per heavy atom. The summed E-state index contributed by atoms with van der Waals surface area (Å²) in [5.41, 5.74) is 0. The number of rotatable bonds is 6. The maximum atomic E-state index is 11.0. The number of carbonyl (C=O) groups is 1. The molecule has 1 saturated carbocycles. The van der Waals surface area contributed by atoms with E-state index in [1.165, 1.54) is 25.7 Å². The lowest BCUT2D eigenvalue weighted by Gasteiger charge is -2.12. The van der Waals surface area contributed by atoms with Gasteiger partial charge >= 0.3 is 0 Å². The molecule has 2 rings (SSSR count). The third-order valence-electron chi connectivity index (χ3n) is 3.40. The van der Waals surface area contributed by atoms with Crippen LogP contribution in [0.4, 0.5) is 11.6 Å². The summed E-state index contributed by atoms with van der Waals surface area (Å²) in [4.78, 5) is 19.6. The molecule has 1 aliphatic carbocycles. The molecule has 0 aromatic carbocycles. The van der Waals surface area contributed by atoms with E-state index in [4.69, 9.17) is 0 Å². The molecule has 5 heteroatoms. The van der Waals surface area contributed by atoms with E-state index in [0.717, 1.165) is 18.3 Å². The van der Waals surface area contributed by atoms with E-state index in [9.17, 15) is 4.79 Å². The van der Waals surface area contributed by atoms with Gasteiger partial charge in [0.25, 0.3) is 0 Å². The van der Waals surface area contributed by atoms with Gasteiger partial charge < -0.3 is 10.6 Å². The smallest absolute Gasteiger partial charge is 0.148 e. The largest absolute Gasteiger partial charge is 0.370 e. The Bertz CT molecular complexity index is 441. The number of hydrogen-bond donors (Lipinski definition) is 2. The van der Waals surface area contributed by atoms with Crippen LogP contribution >= 0.6 is 0 Å². The third kappa shape index (κ3) is 4.50. The standard InChI is InChI=1S/C14H22N4O/c1-10(19)8-15-13-7-14(18-11(2)17-13)16-9-12-5-3-4-6-12/h7,12H,3-6,8-9H2,1-2H3,(H2,15,16,17,18). The molecule has 1 fully saturated rings. The van der Waals surface area contributed by atoms with E-state index in [1.54, 1.807) is 6.92 Å². The lowest BCUT2D eigenvalue weighted by Crippen LogP contribution is -2.15. The van der Waals surface area contributed by atoms with Crippen LogP contribution in [-0.2, 0) is 4.79 Å². The van der Waals surface area contributed by atoms with Crippen LogP contribution in [0.5, 0.6) is 0 Å². The number of anilines is 2. The van der Waals surface area contributed by atoms with Gasteiger partial charge in [-0.1, -0.05) is 12.8 Å². The number of nitrogens with zero attached hydrogens (tertiary/aromatic N) is 2. The maximum Gasteiger partial charge on any atom is 0.148 e. The minimum Gasteiger partial charge on any atom is -0.370 e. The molecule has 5 nitrogen and oxygen atoms in total. The summed E-state index contributed by atoms with van der Waals surface area (Å²) < 4.78 is 0. The van der Waals surface area contributed by atoms with Gasteiger partial charge in [-0.15, -0.1) is 0 Å². The Labute approximate surface area is 114 Å². The van der Waals surface area contributed by atoms with Crippen LogP contribution in [0.1, 0.15) is 38.4 Å². The van der Waals surface area contributed by atoms with Crippen molar-refractivity contribution in [3.8, 4) is 0 Å². The van der Waals surface area contributed by atoms with Gasteiger partial charge in [0.15, 0.2) is 0 Å². The lowest BCUT2D eigenvalue weighted by atomic mass is 10.1. The van der Waals surface area contributed by atoms with Crippen molar-refractivity contribution < 1.29 is 4.79 Å². The minimum atomic E-state index is 0.0942. The Hall–Kier alpha value is -1.65. The van der Waals surface area contributed by atoms with Gasteiger partial charge in [-0.25, -0.2) is 9.97 Å². The topological polar surface area (TPSA) is 66.9 Å². The first-order valence-electron chi connectivity index (χ1n) is 6.96. The second kappa shape index (κ2) is 6.50. The van der Waals surface area contributed by atoms with Gasteiger partial charge in [-0.05, 0) is 32.6 Å². The summed E-state index contributed by atoms with van der Waals surface area (Å²) >= 11 is 0. The van der Waals surface area contributed by atoms with Crippen molar-refractivity contribution in [2.45, 2.75) is 39.5 Å². The Kier molecular flexibility index (Phi) is 4.71. The Balaban J connectivity index is 1.93. The molecule has 19 heavy (non-hydrogen) atoms. The molecule has 2 N–H and O–H groups in total. The predicted octanol–water partition coefficient (Wildman–Crippen LogP) is 2.39. The Morgan fingerprint density at radius 1 is 1.26 bits per heavy atom. The fourth-order valence-electron chi connectivity index (χ4n) is 2.43. The summed E-state index contributed by atoms with van der Waals surface area (Å²) in [5, 5.41) is 6.39. The highest BCUT2D eigenvalue weighted by atomic mass is 16.1. The molecule has 104 valence electrons. The van der Waals surface area contributed by atoms with Gasteiger partial charge in [-0.2, -0.15) is 0 Å². The second-order valence-corrected chi connectivity index (χ2v) is 5.27. The number of ketones is 1. The van der Waals surface area contributed by atoms with Crippen LogP contribution in [0.25, 0.3) is 0 Å². The molecule has 0 unspecified atom stereocenters. The summed E-state index contributed by atoms with van der Waals surface area (Å²) in [5.74, 6) is 3.12. The fourth-order valence-corrected chi connectivity index (χ4v) is 2.43. The van der Waals surface area contributed by atoms with Crippen LogP contribution in [0.15, 0.2) is 6.07 Å². The van der Waals surface area contributed by atoms with Crippen molar-refractivity contribution in [2.24, 2.45) is 5.92 Å². The number of nitrogens with one attached hydrogen (secondary N) is 2. The number of carbonyl (C=O) groups excluding carboxylic acids is 1. The lowest BCUT2D eigenvalue weighted by molar-refractivity contribution is -0.115. The van der Waals surface area contributed by atoms with Gasteiger partial charge in [-0.3, -0.25) is 4.79 Å². The van der Waals surface area contributed by atoms with Crippen LogP contribution in [-0.4, -0.2) is 28.8 Å². The van der Waals surface area contributed by atoms with Crippen LogP contribution < -0.4 is 10.6 Å². The maximum absolute atomic E-state index is 11.0. The molecule has 1 aromatic heterocycles. The molecule has 0 saturated heterocycles. The molecule has 0 amide bonds. The van der Waals surface area contributed by atoms with Gasteiger partial charge in [0.05, 0.1) is 6.54 Å². The number of aromatic nitrogens is 2. The summed E-state index contributed by atoms with van der Waals surface area (Å²) in [7, 11) is 0. The monoisotopic (exact) mass is 262 g/mol. The van der Waals surface area contributed by atoms with E-state index in [0.29, 0.717) is 18.2 Å². The third-order valence-corrected chi connectivity index (χ3v) is 3.40. The first-order chi connectivity index (χ1) is 9.13. The summed E-state index contributed by atoms with van der Waals surface area (Å²) in [6.45, 7) is 4.70. The fraction of sp³-hybridized carbons (Fsp3) is 0.643. The van der Waals surface area contributed by atoms with E-state index < -0.39 is 0 Å². The minimum absolute atomic E-state index is 0.0942. The van der Waals surface area contributed by atoms with Gasteiger partial charge in [0.2, 0.25) is 0 Å². The number of hydrogen-bond acceptors (Lipinski definition) is 5. The molecule has 0 aliphatic heterocycles. The highest BCUT2D eigenvalue weighted by molar-refractivity contribution is 5.80. The zero-order chi connectivity index (χ0) is 13.7. The molecular weight excluding hydrogens is 240 g/mol. The van der Waals surface area contributed by atoms with E-state index >= 15 is 0 Å². The number of Topliss-reactive ketones (excluding diaryl/α,β-unsaturated/α-hetero) is 1. The van der Waals surface area contributed by atoms with E-state index in [-0.39, 0.29) is 5.78 Å².